The number of carbonyl (C=O) groups is 1. The van der Waals surface area contributed by atoms with Gasteiger partial charge in [-0.25, -0.2) is 8.42 Å². The molecule has 0 amide bonds. The summed E-state index contributed by atoms with van der Waals surface area (Å²) >= 11 is 0. The molecule has 6 nitrogen and oxygen atoms in total. The molecule has 1 aromatic heterocycles. The Morgan fingerprint density at radius 3 is 2.03 bits per heavy atom. The number of hydrogen-bond acceptors (Lipinski definition) is 4. The van der Waals surface area contributed by atoms with Crippen LogP contribution in [-0.2, 0) is 15.4 Å². The van der Waals surface area contributed by atoms with E-state index >= 15 is 0 Å². The van der Waals surface area contributed by atoms with Gasteiger partial charge in [-0.05, 0) is 49.8 Å². The largest absolute Gasteiger partial charge is 0.278 e. The van der Waals surface area contributed by atoms with Crippen molar-refractivity contribution in [2.45, 2.75) is 70.6 Å². The Bertz CT molecular complexity index is 991. The van der Waals surface area contributed by atoms with Crippen LogP contribution >= 0.6 is 0 Å². The van der Waals surface area contributed by atoms with Gasteiger partial charge in [0.2, 0.25) is 10.0 Å². The summed E-state index contributed by atoms with van der Waals surface area (Å²) in [6, 6.07) is 7.44. The number of carbonyl (C=O) groups excluding carboxylic acids is 1. The molecule has 3 rings (SSSR count). The Morgan fingerprint density at radius 2 is 1.52 bits per heavy atom. The molecule has 0 atom stereocenters. The van der Waals surface area contributed by atoms with Crippen molar-refractivity contribution in [3.8, 4) is 0 Å². The average Bonchev–Trinajstić information content (AvgIpc) is 2.83. The maximum absolute atomic E-state index is 13.3. The third-order valence-corrected chi connectivity index (χ3v) is 7.73. The van der Waals surface area contributed by atoms with E-state index in [1.807, 2.05) is 12.1 Å². The van der Waals surface area contributed by atoms with Crippen LogP contribution in [0.2, 0.25) is 0 Å². The second-order valence-electron chi connectivity index (χ2n) is 8.86. The molecule has 7 heteroatoms. The zero-order valence-corrected chi connectivity index (χ0v) is 18.8. The quantitative estimate of drug-likeness (QED) is 0.755. The van der Waals surface area contributed by atoms with Crippen molar-refractivity contribution in [3.05, 3.63) is 46.8 Å². The summed E-state index contributed by atoms with van der Waals surface area (Å²) in [7, 11) is -3.67. The fourth-order valence-electron chi connectivity index (χ4n) is 3.85. The van der Waals surface area contributed by atoms with Crippen molar-refractivity contribution in [2.24, 2.45) is 0 Å². The Labute approximate surface area is 174 Å². The predicted molar refractivity (Wildman–Crippen MR) is 114 cm³/mol. The van der Waals surface area contributed by atoms with Gasteiger partial charge in [0.25, 0.3) is 5.91 Å². The maximum atomic E-state index is 13.3. The van der Waals surface area contributed by atoms with Crippen molar-refractivity contribution < 1.29 is 13.2 Å². The smallest absolute Gasteiger partial charge is 0.267 e. The molecule has 0 saturated carbocycles. The molecule has 0 radical (unpaired) electrons. The lowest BCUT2D eigenvalue weighted by Gasteiger charge is -2.20. The van der Waals surface area contributed by atoms with Gasteiger partial charge in [-0.2, -0.15) is 14.1 Å². The molecule has 0 N–H and O–H groups in total. The monoisotopic (exact) mass is 417 g/mol. The van der Waals surface area contributed by atoms with Crippen LogP contribution in [0.15, 0.2) is 29.2 Å². The van der Waals surface area contributed by atoms with Crippen molar-refractivity contribution in [1.82, 2.24) is 14.1 Å². The maximum Gasteiger partial charge on any atom is 0.278 e. The van der Waals surface area contributed by atoms with Gasteiger partial charge in [-0.1, -0.05) is 45.7 Å². The number of aryl methyl sites for hydroxylation is 1. The highest BCUT2D eigenvalue weighted by Crippen LogP contribution is 2.27. The minimum absolute atomic E-state index is 0.00577. The van der Waals surface area contributed by atoms with E-state index in [1.54, 1.807) is 30.3 Å². The van der Waals surface area contributed by atoms with Gasteiger partial charge < -0.3 is 0 Å². The van der Waals surface area contributed by atoms with Crippen molar-refractivity contribution in [3.63, 3.8) is 0 Å². The third-order valence-electron chi connectivity index (χ3n) is 5.58. The van der Waals surface area contributed by atoms with Gasteiger partial charge in [0, 0.05) is 18.7 Å². The van der Waals surface area contributed by atoms with E-state index in [0.717, 1.165) is 31.2 Å². The Kier molecular flexibility index (Phi) is 6.01. The summed E-state index contributed by atoms with van der Waals surface area (Å²) in [5.41, 5.74) is 2.35. The van der Waals surface area contributed by atoms with E-state index in [2.05, 4.69) is 25.9 Å². The van der Waals surface area contributed by atoms with E-state index < -0.39 is 10.0 Å². The predicted octanol–water partition coefficient (Wildman–Crippen LogP) is 4.05. The van der Waals surface area contributed by atoms with E-state index in [1.165, 1.54) is 4.68 Å². The van der Waals surface area contributed by atoms with Gasteiger partial charge in [0.15, 0.2) is 0 Å². The molecule has 0 spiro atoms. The molecule has 1 aliphatic rings. The number of nitrogens with zero attached hydrogens (tertiary/aromatic N) is 3. The lowest BCUT2D eigenvalue weighted by atomic mass is 9.87. The molecular weight excluding hydrogens is 386 g/mol. The van der Waals surface area contributed by atoms with Crippen LogP contribution in [0, 0.1) is 13.8 Å². The molecule has 1 aromatic carbocycles. The van der Waals surface area contributed by atoms with Gasteiger partial charge in [0.05, 0.1) is 11.4 Å². The molecule has 158 valence electrons. The summed E-state index contributed by atoms with van der Waals surface area (Å²) in [6.07, 6.45) is 3.83. The lowest BCUT2D eigenvalue weighted by molar-refractivity contribution is 0.0942. The minimum Gasteiger partial charge on any atom is -0.267 e. The lowest BCUT2D eigenvalue weighted by Crippen LogP contribution is -2.32. The van der Waals surface area contributed by atoms with Crippen LogP contribution in [0.4, 0.5) is 0 Å². The van der Waals surface area contributed by atoms with Crippen LogP contribution in [0.3, 0.4) is 0 Å². The number of benzene rings is 1. The highest BCUT2D eigenvalue weighted by molar-refractivity contribution is 7.89. The van der Waals surface area contributed by atoms with Crippen molar-refractivity contribution >= 4 is 15.9 Å². The Morgan fingerprint density at radius 1 is 0.966 bits per heavy atom. The molecule has 29 heavy (non-hydrogen) atoms. The first-order chi connectivity index (χ1) is 13.5. The first-order valence-electron chi connectivity index (χ1n) is 10.2. The number of sulfonamides is 1. The molecular formula is C22H31N3O3S. The molecule has 2 aromatic rings. The molecule has 0 bridgehead atoms. The third kappa shape index (κ3) is 4.31. The first-order valence-corrected chi connectivity index (χ1v) is 11.7. The summed E-state index contributed by atoms with van der Waals surface area (Å²) in [6.45, 7) is 10.7. The topological polar surface area (TPSA) is 72.3 Å². The summed E-state index contributed by atoms with van der Waals surface area (Å²) in [5.74, 6) is -0.316. The molecule has 1 fully saturated rings. The van der Waals surface area contributed by atoms with Crippen LogP contribution < -0.4 is 0 Å². The van der Waals surface area contributed by atoms with Gasteiger partial charge in [-0.15, -0.1) is 0 Å². The number of rotatable bonds is 3. The Balaban J connectivity index is 1.95. The van der Waals surface area contributed by atoms with Crippen LogP contribution in [0.1, 0.15) is 73.8 Å². The van der Waals surface area contributed by atoms with E-state index in [-0.39, 0.29) is 16.2 Å². The average molecular weight is 418 g/mol. The van der Waals surface area contributed by atoms with Crippen LogP contribution in [0.25, 0.3) is 0 Å². The van der Waals surface area contributed by atoms with Gasteiger partial charge in [-0.3, -0.25) is 4.79 Å². The molecule has 0 unspecified atom stereocenters. The zero-order chi connectivity index (χ0) is 21.4. The SMILES string of the molecule is Cc1nn(C(=O)c2ccc(C(C)(C)C)cc2)c(C)c1S(=O)(=O)N1CCCCCC1. The summed E-state index contributed by atoms with van der Waals surface area (Å²) in [4.78, 5) is 13.2. The van der Waals surface area contributed by atoms with Crippen LogP contribution in [-0.4, -0.2) is 41.5 Å². The highest BCUT2D eigenvalue weighted by atomic mass is 32.2. The standard InChI is InChI=1S/C22H31N3O3S/c1-16-20(29(27,28)24-14-8-6-7-9-15-24)17(2)25(23-16)21(26)18-10-12-19(13-11-18)22(3,4)5/h10-13H,6-9,14-15H2,1-5H3. The Hall–Kier alpha value is -1.99. The van der Waals surface area contributed by atoms with E-state index in [4.69, 9.17) is 0 Å². The van der Waals surface area contributed by atoms with E-state index in [0.29, 0.717) is 30.0 Å². The van der Waals surface area contributed by atoms with Gasteiger partial charge >= 0.3 is 0 Å². The van der Waals surface area contributed by atoms with Crippen molar-refractivity contribution in [1.29, 1.82) is 0 Å². The van der Waals surface area contributed by atoms with Crippen molar-refractivity contribution in [2.75, 3.05) is 13.1 Å². The van der Waals surface area contributed by atoms with Gasteiger partial charge in [0.1, 0.15) is 4.90 Å². The fraction of sp³-hybridized carbons (Fsp3) is 0.545. The number of hydrogen-bond donors (Lipinski definition) is 0. The first kappa shape index (κ1) is 21.7. The summed E-state index contributed by atoms with van der Waals surface area (Å²) in [5, 5.41) is 4.30. The minimum atomic E-state index is -3.67. The second-order valence-corrected chi connectivity index (χ2v) is 10.7. The number of aromatic nitrogens is 2. The van der Waals surface area contributed by atoms with Crippen LogP contribution in [0.5, 0.6) is 0 Å². The second kappa shape index (κ2) is 8.03. The highest BCUT2D eigenvalue weighted by Gasteiger charge is 2.32. The molecule has 1 saturated heterocycles. The fourth-order valence-corrected chi connectivity index (χ4v) is 5.72. The van der Waals surface area contributed by atoms with E-state index in [9.17, 15) is 13.2 Å². The molecule has 0 aliphatic carbocycles. The zero-order valence-electron chi connectivity index (χ0n) is 18.0. The molecule has 1 aliphatic heterocycles. The normalized spacial score (nSPS) is 16.6. The summed E-state index contributed by atoms with van der Waals surface area (Å²) < 4.78 is 29.3. The molecule has 2 heterocycles.